The van der Waals surface area contributed by atoms with E-state index in [1.807, 2.05) is 13.8 Å². The van der Waals surface area contributed by atoms with Gasteiger partial charge in [-0.05, 0) is 32.9 Å². The molecule has 0 fully saturated rings. The summed E-state index contributed by atoms with van der Waals surface area (Å²) in [7, 11) is 0. The lowest BCUT2D eigenvalue weighted by atomic mass is 9.87. The smallest absolute Gasteiger partial charge is 0.310 e. The van der Waals surface area contributed by atoms with E-state index in [0.29, 0.717) is 13.0 Å². The molecule has 0 aromatic heterocycles. The molecule has 0 aliphatic rings. The van der Waals surface area contributed by atoms with Crippen LogP contribution in [0.3, 0.4) is 0 Å². The predicted octanol–water partition coefficient (Wildman–Crippen LogP) is 2.61. The summed E-state index contributed by atoms with van der Waals surface area (Å²) >= 11 is 0. The van der Waals surface area contributed by atoms with Gasteiger partial charge in [0.1, 0.15) is 0 Å². The van der Waals surface area contributed by atoms with Crippen LogP contribution >= 0.6 is 0 Å². The molecule has 0 aromatic rings. The fraction of sp³-hybridized carbons (Fsp3) is 0.917. The molecule has 0 radical (unpaired) electrons. The highest BCUT2D eigenvalue weighted by Gasteiger charge is 2.32. The summed E-state index contributed by atoms with van der Waals surface area (Å²) in [6, 6.07) is 0. The van der Waals surface area contributed by atoms with Gasteiger partial charge in [0, 0.05) is 6.54 Å². The number of rotatable bonds is 8. The van der Waals surface area contributed by atoms with E-state index in [-0.39, 0.29) is 0 Å². The average molecular weight is 215 g/mol. The average Bonchev–Trinajstić information content (AvgIpc) is 2.23. The maximum Gasteiger partial charge on any atom is 0.310 e. The van der Waals surface area contributed by atoms with Crippen molar-refractivity contribution in [2.75, 3.05) is 19.6 Å². The third-order valence-corrected chi connectivity index (χ3v) is 3.14. The van der Waals surface area contributed by atoms with Crippen LogP contribution in [0.5, 0.6) is 0 Å². The van der Waals surface area contributed by atoms with E-state index in [0.717, 1.165) is 25.9 Å². The first-order valence-corrected chi connectivity index (χ1v) is 5.95. The number of nitrogens with zero attached hydrogens (tertiary/aromatic N) is 1. The van der Waals surface area contributed by atoms with Gasteiger partial charge in [0.05, 0.1) is 5.41 Å². The molecule has 0 spiro atoms. The van der Waals surface area contributed by atoms with Gasteiger partial charge in [-0.25, -0.2) is 0 Å². The Morgan fingerprint density at radius 2 is 1.93 bits per heavy atom. The summed E-state index contributed by atoms with van der Waals surface area (Å²) in [6.45, 7) is 10.6. The minimum absolute atomic E-state index is 0.594. The van der Waals surface area contributed by atoms with Gasteiger partial charge in [0.15, 0.2) is 0 Å². The van der Waals surface area contributed by atoms with Crippen molar-refractivity contribution in [3.05, 3.63) is 0 Å². The van der Waals surface area contributed by atoms with Crippen molar-refractivity contribution in [3.63, 3.8) is 0 Å². The number of carbonyl (C=O) groups is 1. The Morgan fingerprint density at radius 3 is 2.27 bits per heavy atom. The van der Waals surface area contributed by atoms with Crippen LogP contribution < -0.4 is 0 Å². The largest absolute Gasteiger partial charge is 0.481 e. The Morgan fingerprint density at radius 1 is 1.33 bits per heavy atom. The zero-order valence-corrected chi connectivity index (χ0v) is 10.5. The Bertz CT molecular complexity index is 194. The molecule has 0 aliphatic heterocycles. The Labute approximate surface area is 93.5 Å². The summed E-state index contributed by atoms with van der Waals surface area (Å²) < 4.78 is 0. The summed E-state index contributed by atoms with van der Waals surface area (Å²) in [6.07, 6.45) is 2.99. The van der Waals surface area contributed by atoms with E-state index in [1.165, 1.54) is 0 Å². The third kappa shape index (κ3) is 4.65. The highest BCUT2D eigenvalue weighted by molar-refractivity contribution is 5.74. The predicted molar refractivity (Wildman–Crippen MR) is 63.1 cm³/mol. The van der Waals surface area contributed by atoms with Crippen molar-refractivity contribution >= 4 is 5.97 Å². The summed E-state index contributed by atoms with van der Waals surface area (Å²) in [5.74, 6) is -0.681. The van der Waals surface area contributed by atoms with Gasteiger partial charge in [0.2, 0.25) is 0 Å². The minimum Gasteiger partial charge on any atom is -0.481 e. The lowest BCUT2D eigenvalue weighted by molar-refractivity contribution is -0.149. The van der Waals surface area contributed by atoms with Crippen molar-refractivity contribution in [1.29, 1.82) is 0 Å². The highest BCUT2D eigenvalue weighted by Crippen LogP contribution is 2.22. The topological polar surface area (TPSA) is 40.5 Å². The third-order valence-electron chi connectivity index (χ3n) is 3.14. The zero-order valence-electron chi connectivity index (χ0n) is 10.5. The Hall–Kier alpha value is -0.570. The molecular formula is C12H25NO2. The van der Waals surface area contributed by atoms with E-state index in [2.05, 4.69) is 18.7 Å². The molecule has 1 unspecified atom stereocenters. The zero-order chi connectivity index (χ0) is 11.9. The van der Waals surface area contributed by atoms with Crippen LogP contribution in [0.25, 0.3) is 0 Å². The van der Waals surface area contributed by atoms with E-state index in [9.17, 15) is 9.90 Å². The van der Waals surface area contributed by atoms with Crippen LogP contribution in [-0.4, -0.2) is 35.6 Å². The molecule has 0 aromatic carbocycles. The van der Waals surface area contributed by atoms with Crippen LogP contribution in [0.2, 0.25) is 0 Å². The van der Waals surface area contributed by atoms with Crippen LogP contribution in [0.4, 0.5) is 0 Å². The fourth-order valence-electron chi connectivity index (χ4n) is 1.55. The first-order valence-electron chi connectivity index (χ1n) is 5.95. The van der Waals surface area contributed by atoms with Gasteiger partial charge in [-0.2, -0.15) is 0 Å². The molecule has 15 heavy (non-hydrogen) atoms. The van der Waals surface area contributed by atoms with Crippen LogP contribution in [0.15, 0.2) is 0 Å². The molecule has 3 nitrogen and oxygen atoms in total. The van der Waals surface area contributed by atoms with Crippen molar-refractivity contribution in [2.45, 2.75) is 47.0 Å². The van der Waals surface area contributed by atoms with Crippen LogP contribution in [-0.2, 0) is 4.79 Å². The molecule has 0 aliphatic carbocycles. The van der Waals surface area contributed by atoms with Crippen molar-refractivity contribution in [1.82, 2.24) is 4.90 Å². The second-order valence-electron chi connectivity index (χ2n) is 4.44. The van der Waals surface area contributed by atoms with E-state index >= 15 is 0 Å². The molecule has 0 saturated heterocycles. The van der Waals surface area contributed by atoms with Crippen LogP contribution in [0.1, 0.15) is 47.0 Å². The minimum atomic E-state index is -0.681. The number of hydrogen-bond donors (Lipinski definition) is 1. The molecular weight excluding hydrogens is 190 g/mol. The highest BCUT2D eigenvalue weighted by atomic mass is 16.4. The number of carboxylic acids is 1. The van der Waals surface area contributed by atoms with Crippen molar-refractivity contribution in [2.24, 2.45) is 5.41 Å². The number of aliphatic carboxylic acids is 1. The first-order chi connectivity index (χ1) is 7.00. The van der Waals surface area contributed by atoms with Gasteiger partial charge in [-0.15, -0.1) is 0 Å². The molecule has 0 rings (SSSR count). The normalized spacial score (nSPS) is 15.3. The molecule has 0 bridgehead atoms. The second-order valence-corrected chi connectivity index (χ2v) is 4.44. The maximum absolute atomic E-state index is 11.2. The standard InChI is InChI=1S/C12H25NO2/c1-5-8-9-13(7-3)10-12(4,6-2)11(14)15/h5-10H2,1-4H3,(H,14,15). The van der Waals surface area contributed by atoms with E-state index < -0.39 is 11.4 Å². The monoisotopic (exact) mass is 215 g/mol. The molecule has 0 heterocycles. The quantitative estimate of drug-likeness (QED) is 0.676. The fourth-order valence-corrected chi connectivity index (χ4v) is 1.55. The second kappa shape index (κ2) is 6.83. The summed E-state index contributed by atoms with van der Waals surface area (Å²) in [5, 5.41) is 9.18. The maximum atomic E-state index is 11.2. The Kier molecular flexibility index (Phi) is 6.57. The molecule has 0 amide bonds. The lowest BCUT2D eigenvalue weighted by Crippen LogP contribution is -2.41. The SMILES string of the molecule is CCCCN(CC)CC(C)(CC)C(=O)O. The van der Waals surface area contributed by atoms with Gasteiger partial charge in [-0.1, -0.05) is 27.2 Å². The van der Waals surface area contributed by atoms with Gasteiger partial charge in [0.25, 0.3) is 0 Å². The molecule has 3 heteroatoms. The van der Waals surface area contributed by atoms with Gasteiger partial charge in [-0.3, -0.25) is 4.79 Å². The number of hydrogen-bond acceptors (Lipinski definition) is 2. The number of unbranched alkanes of at least 4 members (excludes halogenated alkanes) is 1. The van der Waals surface area contributed by atoms with Crippen LogP contribution in [0, 0.1) is 5.41 Å². The molecule has 90 valence electrons. The van der Waals surface area contributed by atoms with E-state index in [4.69, 9.17) is 0 Å². The molecule has 0 saturated carbocycles. The summed E-state index contributed by atoms with van der Waals surface area (Å²) in [4.78, 5) is 13.4. The lowest BCUT2D eigenvalue weighted by Gasteiger charge is -2.30. The molecule has 1 N–H and O–H groups in total. The number of carboxylic acid groups (broad SMARTS) is 1. The van der Waals surface area contributed by atoms with Crippen molar-refractivity contribution < 1.29 is 9.90 Å². The van der Waals surface area contributed by atoms with Gasteiger partial charge >= 0.3 is 5.97 Å². The van der Waals surface area contributed by atoms with E-state index in [1.54, 1.807) is 0 Å². The molecule has 1 atom stereocenters. The first kappa shape index (κ1) is 14.4. The van der Waals surface area contributed by atoms with Gasteiger partial charge < -0.3 is 10.0 Å². The summed E-state index contributed by atoms with van der Waals surface area (Å²) in [5.41, 5.74) is -0.594. The van der Waals surface area contributed by atoms with Crippen molar-refractivity contribution in [3.8, 4) is 0 Å². The Balaban J connectivity index is 4.29.